The Morgan fingerprint density at radius 3 is 2.44 bits per heavy atom. The zero-order valence-corrected chi connectivity index (χ0v) is 15.0. The number of nitrogens with zero attached hydrogens (tertiary/aromatic N) is 2. The van der Waals surface area contributed by atoms with Gasteiger partial charge in [-0.3, -0.25) is 14.5 Å². The number of hydrogen-bond donors (Lipinski definition) is 0. The van der Waals surface area contributed by atoms with Crippen LogP contribution in [0.25, 0.3) is 6.08 Å². The maximum absolute atomic E-state index is 12.5. The first-order valence-corrected chi connectivity index (χ1v) is 9.03. The number of hydrogen-bond acceptors (Lipinski definition) is 6. The van der Waals surface area contributed by atoms with E-state index in [1.54, 1.807) is 6.08 Å². The molecule has 0 aliphatic carbocycles. The second kappa shape index (κ2) is 7.31. The third-order valence-corrected chi connectivity index (χ3v) is 5.30. The van der Waals surface area contributed by atoms with Crippen molar-refractivity contribution in [3.05, 3.63) is 34.7 Å². The van der Waals surface area contributed by atoms with Gasteiger partial charge in [-0.05, 0) is 55.3 Å². The predicted molar refractivity (Wildman–Crippen MR) is 97.2 cm³/mol. The Kier molecular flexibility index (Phi) is 5.13. The van der Waals surface area contributed by atoms with Gasteiger partial charge in [-0.1, -0.05) is 12.1 Å². The number of rotatable bonds is 4. The summed E-state index contributed by atoms with van der Waals surface area (Å²) in [7, 11) is 1.23. The standard InChI is InChI=1S/C18H20N2O4S/c1-12(17(22)24-2)20-16(21)15(25-18(20)23)11-13-5-7-14(8-6-13)19-9-3-4-10-19/h5-8,11-12H,3-4,9-10H2,1-2H3/b15-11+/t12-/m0/s1. The summed E-state index contributed by atoms with van der Waals surface area (Å²) in [4.78, 5) is 39.8. The number of ether oxygens (including phenoxy) is 1. The number of carbonyl (C=O) groups is 3. The van der Waals surface area contributed by atoms with Crippen LogP contribution in [0.1, 0.15) is 25.3 Å². The van der Waals surface area contributed by atoms with Crippen LogP contribution in [0.2, 0.25) is 0 Å². The van der Waals surface area contributed by atoms with E-state index >= 15 is 0 Å². The average Bonchev–Trinajstić information content (AvgIpc) is 3.23. The fourth-order valence-electron chi connectivity index (χ4n) is 3.00. The number of imide groups is 1. The molecule has 3 rings (SSSR count). The molecule has 0 radical (unpaired) electrons. The van der Waals surface area contributed by atoms with E-state index in [-0.39, 0.29) is 0 Å². The first-order valence-electron chi connectivity index (χ1n) is 8.21. The lowest BCUT2D eigenvalue weighted by Crippen LogP contribution is -2.42. The van der Waals surface area contributed by atoms with Gasteiger partial charge >= 0.3 is 5.97 Å². The maximum Gasteiger partial charge on any atom is 0.328 e. The van der Waals surface area contributed by atoms with Gasteiger partial charge in [0.05, 0.1) is 12.0 Å². The first-order chi connectivity index (χ1) is 12.0. The molecule has 1 aromatic rings. The van der Waals surface area contributed by atoms with Gasteiger partial charge in [0.1, 0.15) is 6.04 Å². The Morgan fingerprint density at radius 1 is 1.20 bits per heavy atom. The van der Waals surface area contributed by atoms with E-state index < -0.39 is 23.2 Å². The van der Waals surface area contributed by atoms with E-state index in [1.165, 1.54) is 32.6 Å². The monoisotopic (exact) mass is 360 g/mol. The Bertz CT molecular complexity index is 723. The number of thioether (sulfide) groups is 1. The number of amides is 2. The minimum absolute atomic E-state index is 0.315. The highest BCUT2D eigenvalue weighted by molar-refractivity contribution is 8.18. The SMILES string of the molecule is COC(=O)[C@H](C)N1C(=O)S/C(=C/c2ccc(N3CCCC3)cc2)C1=O. The Balaban J connectivity index is 1.76. The molecule has 0 bridgehead atoms. The highest BCUT2D eigenvalue weighted by Crippen LogP contribution is 2.34. The highest BCUT2D eigenvalue weighted by atomic mass is 32.2. The van der Waals surface area contributed by atoms with E-state index in [2.05, 4.69) is 9.64 Å². The van der Waals surface area contributed by atoms with Crippen LogP contribution in [-0.4, -0.2) is 48.3 Å². The Hall–Kier alpha value is -2.28. The minimum Gasteiger partial charge on any atom is -0.467 e. The van der Waals surface area contributed by atoms with Gasteiger partial charge in [0.15, 0.2) is 0 Å². The Labute approximate surface area is 150 Å². The molecule has 0 N–H and O–H groups in total. The summed E-state index contributed by atoms with van der Waals surface area (Å²) >= 11 is 0.843. The fourth-order valence-corrected chi connectivity index (χ4v) is 3.91. The van der Waals surface area contributed by atoms with Crippen LogP contribution in [0.3, 0.4) is 0 Å². The highest BCUT2D eigenvalue weighted by Gasteiger charge is 2.41. The van der Waals surface area contributed by atoms with Crippen molar-refractivity contribution in [2.45, 2.75) is 25.8 Å². The molecule has 2 saturated heterocycles. The van der Waals surface area contributed by atoms with Crippen LogP contribution < -0.4 is 4.90 Å². The summed E-state index contributed by atoms with van der Waals surface area (Å²) < 4.78 is 4.62. The average molecular weight is 360 g/mol. The lowest BCUT2D eigenvalue weighted by atomic mass is 10.1. The fraction of sp³-hybridized carbons (Fsp3) is 0.389. The molecule has 2 heterocycles. The lowest BCUT2D eigenvalue weighted by molar-refractivity contribution is -0.148. The molecule has 2 amide bonds. The van der Waals surface area contributed by atoms with Gasteiger partial charge in [0.2, 0.25) is 0 Å². The van der Waals surface area contributed by atoms with Crippen molar-refractivity contribution in [2.75, 3.05) is 25.1 Å². The van der Waals surface area contributed by atoms with Gasteiger partial charge < -0.3 is 9.64 Å². The van der Waals surface area contributed by atoms with Crippen molar-refractivity contribution in [1.82, 2.24) is 4.90 Å². The zero-order valence-electron chi connectivity index (χ0n) is 14.2. The smallest absolute Gasteiger partial charge is 0.328 e. The molecule has 132 valence electrons. The first kappa shape index (κ1) is 17.5. The quantitative estimate of drug-likeness (QED) is 0.608. The summed E-state index contributed by atoms with van der Waals surface area (Å²) in [6, 6.07) is 6.99. The largest absolute Gasteiger partial charge is 0.467 e. The molecule has 0 unspecified atom stereocenters. The van der Waals surface area contributed by atoms with Gasteiger partial charge in [0, 0.05) is 18.8 Å². The normalized spacial score (nSPS) is 20.5. The zero-order chi connectivity index (χ0) is 18.0. The summed E-state index contributed by atoms with van der Waals surface area (Å²) in [6.07, 6.45) is 4.11. The van der Waals surface area contributed by atoms with Crippen molar-refractivity contribution < 1.29 is 19.1 Å². The number of esters is 1. The Morgan fingerprint density at radius 2 is 1.84 bits per heavy atom. The second-order valence-corrected chi connectivity index (χ2v) is 7.03. The second-order valence-electron chi connectivity index (χ2n) is 6.04. The van der Waals surface area contributed by atoms with Crippen LogP contribution in [0.5, 0.6) is 0 Å². The van der Waals surface area contributed by atoms with Crippen LogP contribution in [0, 0.1) is 0 Å². The molecule has 2 aliphatic rings. The molecule has 1 atom stereocenters. The summed E-state index contributed by atoms with van der Waals surface area (Å²) in [5, 5.41) is -0.456. The molecule has 25 heavy (non-hydrogen) atoms. The van der Waals surface area contributed by atoms with Gasteiger partial charge in [0.25, 0.3) is 11.1 Å². The van der Waals surface area contributed by atoms with Crippen molar-refractivity contribution in [2.24, 2.45) is 0 Å². The van der Waals surface area contributed by atoms with Crippen LogP contribution in [0.4, 0.5) is 10.5 Å². The number of carbonyl (C=O) groups excluding carboxylic acids is 3. The molecule has 6 nitrogen and oxygen atoms in total. The topological polar surface area (TPSA) is 66.9 Å². The molecule has 2 aliphatic heterocycles. The van der Waals surface area contributed by atoms with Crippen molar-refractivity contribution in [1.29, 1.82) is 0 Å². The van der Waals surface area contributed by atoms with Crippen molar-refractivity contribution in [3.8, 4) is 0 Å². The van der Waals surface area contributed by atoms with Crippen molar-refractivity contribution >= 4 is 40.6 Å². The predicted octanol–water partition coefficient (Wildman–Crippen LogP) is 2.88. The maximum atomic E-state index is 12.5. The summed E-state index contributed by atoms with van der Waals surface area (Å²) in [6.45, 7) is 3.63. The van der Waals surface area contributed by atoms with Crippen LogP contribution in [-0.2, 0) is 14.3 Å². The van der Waals surface area contributed by atoms with E-state index in [0.717, 1.165) is 35.3 Å². The van der Waals surface area contributed by atoms with Crippen LogP contribution >= 0.6 is 11.8 Å². The molecule has 7 heteroatoms. The van der Waals surface area contributed by atoms with E-state index in [0.29, 0.717) is 4.91 Å². The van der Waals surface area contributed by atoms with E-state index in [1.807, 2.05) is 24.3 Å². The number of benzene rings is 1. The van der Waals surface area contributed by atoms with E-state index in [9.17, 15) is 14.4 Å². The number of methoxy groups -OCH3 is 1. The molecule has 0 saturated carbocycles. The lowest BCUT2D eigenvalue weighted by Gasteiger charge is -2.18. The molecular formula is C18H20N2O4S. The van der Waals surface area contributed by atoms with Gasteiger partial charge in [-0.2, -0.15) is 0 Å². The van der Waals surface area contributed by atoms with Gasteiger partial charge in [-0.25, -0.2) is 4.79 Å². The third kappa shape index (κ3) is 3.56. The summed E-state index contributed by atoms with van der Waals surface area (Å²) in [5.41, 5.74) is 2.02. The molecular weight excluding hydrogens is 340 g/mol. The molecule has 2 fully saturated rings. The third-order valence-electron chi connectivity index (χ3n) is 4.42. The minimum atomic E-state index is -0.930. The van der Waals surface area contributed by atoms with Gasteiger partial charge in [-0.15, -0.1) is 0 Å². The van der Waals surface area contributed by atoms with E-state index in [4.69, 9.17) is 0 Å². The number of anilines is 1. The van der Waals surface area contributed by atoms with Crippen molar-refractivity contribution in [3.63, 3.8) is 0 Å². The summed E-state index contributed by atoms with van der Waals surface area (Å²) in [5.74, 6) is -1.07. The molecule has 0 spiro atoms. The van der Waals surface area contributed by atoms with Crippen LogP contribution in [0.15, 0.2) is 29.2 Å². The molecule has 1 aromatic carbocycles. The molecule has 0 aromatic heterocycles.